The van der Waals surface area contributed by atoms with Gasteiger partial charge in [-0.3, -0.25) is 9.78 Å². The Bertz CT molecular complexity index is 1780. The summed E-state index contributed by atoms with van der Waals surface area (Å²) in [5.41, 5.74) is 3.19. The lowest BCUT2D eigenvalue weighted by atomic mass is 10.0. The molecule has 0 unspecified atom stereocenters. The van der Waals surface area contributed by atoms with Crippen LogP contribution in [-0.2, 0) is 7.05 Å². The molecular formula is C26H18N4O2. The Morgan fingerprint density at radius 1 is 0.844 bits per heavy atom. The third kappa shape index (κ3) is 2.63. The number of aromatic amines is 1. The molecule has 6 aromatic rings. The summed E-state index contributed by atoms with van der Waals surface area (Å²) >= 11 is 0. The molecule has 1 N–H and O–H groups in total. The van der Waals surface area contributed by atoms with Crippen LogP contribution in [0, 0.1) is 0 Å². The first-order valence-electron chi connectivity index (χ1n) is 10.3. The SMILES string of the molecule is Cn1ccc2cccc(-c3ccc4c(=O)n(-c5cncc6ccccc56)c(=O)[nH]c4c3)c21. The maximum Gasteiger partial charge on any atom is 0.333 e. The van der Waals surface area contributed by atoms with Gasteiger partial charge < -0.3 is 9.55 Å². The molecule has 154 valence electrons. The van der Waals surface area contributed by atoms with Crippen LogP contribution in [0.3, 0.4) is 0 Å². The molecule has 0 spiro atoms. The van der Waals surface area contributed by atoms with Crippen LogP contribution in [-0.4, -0.2) is 19.1 Å². The van der Waals surface area contributed by atoms with Gasteiger partial charge in [0.05, 0.1) is 28.3 Å². The Balaban J connectivity index is 1.60. The Morgan fingerprint density at radius 3 is 2.59 bits per heavy atom. The van der Waals surface area contributed by atoms with E-state index in [0.717, 1.165) is 37.4 Å². The van der Waals surface area contributed by atoms with Crippen molar-refractivity contribution in [1.29, 1.82) is 0 Å². The summed E-state index contributed by atoms with van der Waals surface area (Å²) in [4.78, 5) is 33.5. The predicted octanol–water partition coefficient (Wildman–Crippen LogP) is 4.39. The van der Waals surface area contributed by atoms with Crippen molar-refractivity contribution in [2.24, 2.45) is 7.05 Å². The molecule has 6 nitrogen and oxygen atoms in total. The van der Waals surface area contributed by atoms with E-state index < -0.39 is 5.69 Å². The van der Waals surface area contributed by atoms with Crippen molar-refractivity contribution in [2.75, 3.05) is 0 Å². The summed E-state index contributed by atoms with van der Waals surface area (Å²) in [5.74, 6) is 0. The summed E-state index contributed by atoms with van der Waals surface area (Å²) < 4.78 is 3.23. The Labute approximate surface area is 182 Å². The Hall–Kier alpha value is -4.45. The first-order valence-corrected chi connectivity index (χ1v) is 10.3. The number of hydrogen-bond donors (Lipinski definition) is 1. The molecule has 0 fully saturated rings. The summed E-state index contributed by atoms with van der Waals surface area (Å²) in [7, 11) is 2.01. The van der Waals surface area contributed by atoms with Gasteiger partial charge in [-0.25, -0.2) is 9.36 Å². The zero-order valence-electron chi connectivity index (χ0n) is 17.2. The molecule has 32 heavy (non-hydrogen) atoms. The first kappa shape index (κ1) is 18.3. The molecule has 0 bridgehead atoms. The van der Waals surface area contributed by atoms with Crippen LogP contribution in [0.5, 0.6) is 0 Å². The van der Waals surface area contributed by atoms with Crippen LogP contribution in [0.15, 0.2) is 94.9 Å². The lowest BCUT2D eigenvalue weighted by Crippen LogP contribution is -2.33. The summed E-state index contributed by atoms with van der Waals surface area (Å²) in [6.45, 7) is 0. The number of aromatic nitrogens is 4. The molecule has 0 saturated heterocycles. The monoisotopic (exact) mass is 418 g/mol. The molecule has 3 heterocycles. The minimum Gasteiger partial charge on any atom is -0.350 e. The molecule has 6 heteroatoms. The second-order valence-electron chi connectivity index (χ2n) is 7.88. The molecule has 6 rings (SSSR count). The molecule has 0 saturated carbocycles. The van der Waals surface area contributed by atoms with Crippen molar-refractivity contribution in [3.8, 4) is 16.8 Å². The minimum atomic E-state index is -0.491. The zero-order valence-corrected chi connectivity index (χ0v) is 17.2. The second-order valence-corrected chi connectivity index (χ2v) is 7.88. The van der Waals surface area contributed by atoms with Gasteiger partial charge in [0.2, 0.25) is 0 Å². The number of rotatable bonds is 2. The van der Waals surface area contributed by atoms with Gasteiger partial charge in [-0.15, -0.1) is 0 Å². The van der Waals surface area contributed by atoms with Gasteiger partial charge in [0.25, 0.3) is 5.56 Å². The number of benzene rings is 3. The normalized spacial score (nSPS) is 11.5. The van der Waals surface area contributed by atoms with E-state index in [1.165, 1.54) is 0 Å². The van der Waals surface area contributed by atoms with E-state index in [4.69, 9.17) is 0 Å². The fraction of sp³-hybridized carbons (Fsp3) is 0.0385. The lowest BCUT2D eigenvalue weighted by Gasteiger charge is -2.11. The Kier molecular flexibility index (Phi) is 3.89. The van der Waals surface area contributed by atoms with Gasteiger partial charge >= 0.3 is 5.69 Å². The highest BCUT2D eigenvalue weighted by Gasteiger charge is 2.14. The molecule has 0 aliphatic rings. The molecule has 3 aromatic carbocycles. The van der Waals surface area contributed by atoms with E-state index >= 15 is 0 Å². The zero-order chi connectivity index (χ0) is 21.8. The highest BCUT2D eigenvalue weighted by atomic mass is 16.2. The number of H-pyrrole nitrogens is 1. The molecule has 3 aromatic heterocycles. The van der Waals surface area contributed by atoms with Gasteiger partial charge in [-0.2, -0.15) is 0 Å². The van der Waals surface area contributed by atoms with Gasteiger partial charge in [-0.1, -0.05) is 48.5 Å². The van der Waals surface area contributed by atoms with Crippen molar-refractivity contribution >= 4 is 32.6 Å². The average molecular weight is 418 g/mol. The number of nitrogens with one attached hydrogen (secondary N) is 1. The highest BCUT2D eigenvalue weighted by Crippen LogP contribution is 2.30. The van der Waals surface area contributed by atoms with E-state index in [1.807, 2.05) is 61.8 Å². The second kappa shape index (κ2) is 6.78. The Morgan fingerprint density at radius 2 is 1.69 bits per heavy atom. The average Bonchev–Trinajstić information content (AvgIpc) is 3.20. The van der Waals surface area contributed by atoms with Crippen molar-refractivity contribution in [3.05, 3.63) is 106 Å². The molecular weight excluding hydrogens is 400 g/mol. The molecule has 0 radical (unpaired) electrons. The van der Waals surface area contributed by atoms with Gasteiger partial charge in [0.1, 0.15) is 0 Å². The summed E-state index contributed by atoms with van der Waals surface area (Å²) in [6.07, 6.45) is 5.29. The maximum absolute atomic E-state index is 13.4. The molecule has 0 aliphatic heterocycles. The van der Waals surface area contributed by atoms with Crippen molar-refractivity contribution in [1.82, 2.24) is 19.1 Å². The van der Waals surface area contributed by atoms with E-state index in [9.17, 15) is 9.59 Å². The fourth-order valence-electron chi connectivity index (χ4n) is 4.47. The third-order valence-corrected chi connectivity index (χ3v) is 5.99. The number of nitrogens with zero attached hydrogens (tertiary/aromatic N) is 3. The van der Waals surface area contributed by atoms with E-state index in [-0.39, 0.29) is 5.56 Å². The highest BCUT2D eigenvalue weighted by molar-refractivity contribution is 5.97. The topological polar surface area (TPSA) is 72.7 Å². The number of fused-ring (bicyclic) bond motifs is 3. The van der Waals surface area contributed by atoms with Crippen LogP contribution in [0.2, 0.25) is 0 Å². The smallest absolute Gasteiger partial charge is 0.333 e. The number of hydrogen-bond acceptors (Lipinski definition) is 3. The minimum absolute atomic E-state index is 0.370. The van der Waals surface area contributed by atoms with Crippen molar-refractivity contribution < 1.29 is 0 Å². The van der Waals surface area contributed by atoms with Gasteiger partial charge in [0, 0.05) is 41.2 Å². The predicted molar refractivity (Wildman–Crippen MR) is 127 cm³/mol. The largest absolute Gasteiger partial charge is 0.350 e. The van der Waals surface area contributed by atoms with Crippen LogP contribution in [0.25, 0.3) is 49.4 Å². The number of aryl methyl sites for hydroxylation is 1. The van der Waals surface area contributed by atoms with Crippen LogP contribution >= 0.6 is 0 Å². The van der Waals surface area contributed by atoms with Crippen LogP contribution in [0.4, 0.5) is 0 Å². The molecule has 0 amide bonds. The molecule has 0 aliphatic carbocycles. The summed E-state index contributed by atoms with van der Waals surface area (Å²) in [6, 6.07) is 21.3. The van der Waals surface area contributed by atoms with Crippen LogP contribution < -0.4 is 11.2 Å². The number of pyridine rings is 1. The van der Waals surface area contributed by atoms with E-state index in [1.54, 1.807) is 18.5 Å². The standard InChI is InChI=1S/C26H18N4O2/c1-29-12-11-16-6-4-8-20(24(16)29)17-9-10-21-22(13-17)28-26(32)30(25(21)31)23-15-27-14-18-5-2-3-7-19(18)23/h2-15H,1H3,(H,28,32). The maximum atomic E-state index is 13.4. The van der Waals surface area contributed by atoms with E-state index in [2.05, 4.69) is 26.7 Å². The third-order valence-electron chi connectivity index (χ3n) is 5.99. The fourth-order valence-corrected chi connectivity index (χ4v) is 4.47. The van der Waals surface area contributed by atoms with Gasteiger partial charge in [-0.05, 0) is 23.8 Å². The van der Waals surface area contributed by atoms with Gasteiger partial charge in [0.15, 0.2) is 0 Å². The number of para-hydroxylation sites is 1. The van der Waals surface area contributed by atoms with E-state index in [0.29, 0.717) is 16.6 Å². The van der Waals surface area contributed by atoms with Crippen LogP contribution in [0.1, 0.15) is 0 Å². The summed E-state index contributed by atoms with van der Waals surface area (Å²) in [5, 5.41) is 3.24. The first-order chi connectivity index (χ1) is 15.6. The van der Waals surface area contributed by atoms with Crippen molar-refractivity contribution in [3.63, 3.8) is 0 Å². The van der Waals surface area contributed by atoms with Crippen molar-refractivity contribution in [2.45, 2.75) is 0 Å². The lowest BCUT2D eigenvalue weighted by molar-refractivity contribution is 0.902. The molecule has 0 atom stereocenters. The quantitative estimate of drug-likeness (QED) is 0.453.